The van der Waals surface area contributed by atoms with Gasteiger partial charge in [0.2, 0.25) is 5.91 Å². The Morgan fingerprint density at radius 1 is 1.04 bits per heavy atom. The van der Waals surface area contributed by atoms with Gasteiger partial charge in [0.05, 0.1) is 5.92 Å². The van der Waals surface area contributed by atoms with E-state index in [4.69, 9.17) is 5.73 Å². The zero-order valence-electron chi connectivity index (χ0n) is 14.0. The molecule has 7 heteroatoms. The fraction of sp³-hybridized carbons (Fsp3) is 0.389. The zero-order chi connectivity index (χ0) is 16.1. The number of rotatable bonds is 5. The van der Waals surface area contributed by atoms with Gasteiger partial charge < -0.3 is 10.6 Å². The Bertz CT molecular complexity index is 617. The first-order valence-corrected chi connectivity index (χ1v) is 8.94. The molecule has 138 valence electrons. The third-order valence-corrected chi connectivity index (χ3v) is 5.24. The molecule has 4 nitrogen and oxygen atoms in total. The number of hydrogen-bond acceptors (Lipinski definition) is 4. The van der Waals surface area contributed by atoms with E-state index >= 15 is 0 Å². The Hall–Kier alpha value is -1.11. The maximum Gasteiger partial charge on any atom is 0.231 e. The molecule has 1 aromatic carbocycles. The topological polar surface area (TPSA) is 49.6 Å². The van der Waals surface area contributed by atoms with E-state index in [0.717, 1.165) is 38.3 Å². The van der Waals surface area contributed by atoms with E-state index in [0.29, 0.717) is 6.54 Å². The Morgan fingerprint density at radius 2 is 1.72 bits per heavy atom. The molecule has 1 aliphatic rings. The van der Waals surface area contributed by atoms with Gasteiger partial charge in [0.25, 0.3) is 0 Å². The number of hydrogen-bond donors (Lipinski definition) is 1. The van der Waals surface area contributed by atoms with E-state index in [-0.39, 0.29) is 36.6 Å². The molecule has 2 heterocycles. The van der Waals surface area contributed by atoms with E-state index in [9.17, 15) is 4.79 Å². The van der Waals surface area contributed by atoms with Crippen molar-refractivity contribution in [3.63, 3.8) is 0 Å². The van der Waals surface area contributed by atoms with E-state index in [1.807, 2.05) is 35.2 Å². The van der Waals surface area contributed by atoms with Gasteiger partial charge in [-0.15, -0.1) is 36.2 Å². The summed E-state index contributed by atoms with van der Waals surface area (Å²) in [6.45, 7) is 4.77. The van der Waals surface area contributed by atoms with Gasteiger partial charge in [-0.25, -0.2) is 0 Å². The number of amides is 1. The maximum atomic E-state index is 12.8. The summed E-state index contributed by atoms with van der Waals surface area (Å²) in [6, 6.07) is 14.1. The fourth-order valence-electron chi connectivity index (χ4n) is 3.03. The van der Waals surface area contributed by atoms with Crippen LogP contribution in [-0.4, -0.2) is 48.4 Å². The van der Waals surface area contributed by atoms with Crippen LogP contribution in [0.2, 0.25) is 0 Å². The standard InChI is InChI=1S/C18H23N3OS.2ClH/c19-13-17(15-5-2-1-3-6-15)18(22)21-10-8-20(9-11-21)14-16-7-4-12-23-16;;/h1-7,12,17H,8-11,13-14,19H2;2*1H. The van der Waals surface area contributed by atoms with Crippen molar-refractivity contribution in [3.8, 4) is 0 Å². The lowest BCUT2D eigenvalue weighted by molar-refractivity contribution is -0.134. The first-order chi connectivity index (χ1) is 11.3. The number of nitrogens with zero attached hydrogens (tertiary/aromatic N) is 2. The molecule has 1 fully saturated rings. The van der Waals surface area contributed by atoms with Crippen LogP contribution in [0.1, 0.15) is 16.4 Å². The molecule has 2 aromatic rings. The minimum absolute atomic E-state index is 0. The average molecular weight is 402 g/mol. The highest BCUT2D eigenvalue weighted by Gasteiger charge is 2.27. The number of halogens is 2. The van der Waals surface area contributed by atoms with Crippen LogP contribution in [0.25, 0.3) is 0 Å². The molecule has 1 aliphatic heterocycles. The molecular formula is C18H25Cl2N3OS. The van der Waals surface area contributed by atoms with Crippen LogP contribution in [0, 0.1) is 0 Å². The van der Waals surface area contributed by atoms with Crippen molar-refractivity contribution in [2.24, 2.45) is 5.73 Å². The first-order valence-electron chi connectivity index (χ1n) is 8.06. The highest BCUT2D eigenvalue weighted by molar-refractivity contribution is 7.09. The minimum atomic E-state index is -0.222. The van der Waals surface area contributed by atoms with Gasteiger partial charge in [0, 0.05) is 44.1 Å². The largest absolute Gasteiger partial charge is 0.340 e. The molecule has 0 spiro atoms. The van der Waals surface area contributed by atoms with Gasteiger partial charge in [-0.05, 0) is 17.0 Å². The molecule has 1 saturated heterocycles. The van der Waals surface area contributed by atoms with Crippen LogP contribution in [-0.2, 0) is 11.3 Å². The third kappa shape index (κ3) is 5.69. The van der Waals surface area contributed by atoms with Crippen molar-refractivity contribution >= 4 is 42.1 Å². The van der Waals surface area contributed by atoms with Crippen molar-refractivity contribution in [1.82, 2.24) is 9.80 Å². The third-order valence-electron chi connectivity index (χ3n) is 4.38. The number of carbonyl (C=O) groups excluding carboxylic acids is 1. The minimum Gasteiger partial charge on any atom is -0.340 e. The summed E-state index contributed by atoms with van der Waals surface area (Å²) in [4.78, 5) is 18.5. The van der Waals surface area contributed by atoms with Gasteiger partial charge in [0.1, 0.15) is 0 Å². The van der Waals surface area contributed by atoms with Crippen molar-refractivity contribution in [1.29, 1.82) is 0 Å². The van der Waals surface area contributed by atoms with Crippen molar-refractivity contribution in [3.05, 3.63) is 58.3 Å². The van der Waals surface area contributed by atoms with Gasteiger partial charge >= 0.3 is 0 Å². The van der Waals surface area contributed by atoms with Crippen LogP contribution < -0.4 is 5.73 Å². The predicted octanol–water partition coefficient (Wildman–Crippen LogP) is 2.98. The number of piperazine rings is 1. The fourth-order valence-corrected chi connectivity index (χ4v) is 3.78. The van der Waals surface area contributed by atoms with Crippen LogP contribution in [0.4, 0.5) is 0 Å². The van der Waals surface area contributed by atoms with Crippen LogP contribution >= 0.6 is 36.2 Å². The zero-order valence-corrected chi connectivity index (χ0v) is 16.5. The average Bonchev–Trinajstić information content (AvgIpc) is 3.10. The van der Waals surface area contributed by atoms with Crippen molar-refractivity contribution < 1.29 is 4.79 Å². The lowest BCUT2D eigenvalue weighted by Gasteiger charge is -2.36. The second-order valence-electron chi connectivity index (χ2n) is 5.88. The predicted molar refractivity (Wildman–Crippen MR) is 109 cm³/mol. The second kappa shape index (κ2) is 10.8. The molecule has 1 unspecified atom stereocenters. The summed E-state index contributed by atoms with van der Waals surface area (Å²) in [5.41, 5.74) is 6.89. The Kier molecular flexibility index (Phi) is 9.46. The Labute approximate surface area is 165 Å². The molecule has 0 saturated carbocycles. The summed E-state index contributed by atoms with van der Waals surface area (Å²) in [7, 11) is 0. The molecule has 0 radical (unpaired) electrons. The maximum absolute atomic E-state index is 12.8. The smallest absolute Gasteiger partial charge is 0.231 e. The summed E-state index contributed by atoms with van der Waals surface area (Å²) in [6.07, 6.45) is 0. The molecule has 1 amide bonds. The summed E-state index contributed by atoms with van der Waals surface area (Å²) < 4.78 is 0. The van der Waals surface area contributed by atoms with E-state index in [1.54, 1.807) is 11.3 Å². The van der Waals surface area contributed by atoms with E-state index in [1.165, 1.54) is 4.88 Å². The number of benzene rings is 1. The van der Waals surface area contributed by atoms with Crippen LogP contribution in [0.5, 0.6) is 0 Å². The number of thiophene rings is 1. The van der Waals surface area contributed by atoms with E-state index < -0.39 is 0 Å². The normalized spacial score (nSPS) is 15.8. The molecule has 1 atom stereocenters. The SMILES string of the molecule is Cl.Cl.NCC(C(=O)N1CCN(Cc2cccs2)CC1)c1ccccc1. The van der Waals surface area contributed by atoms with Gasteiger partial charge in [-0.2, -0.15) is 0 Å². The molecule has 1 aromatic heterocycles. The quantitative estimate of drug-likeness (QED) is 0.837. The summed E-state index contributed by atoms with van der Waals surface area (Å²) in [5, 5.41) is 2.11. The monoisotopic (exact) mass is 401 g/mol. The lowest BCUT2D eigenvalue weighted by atomic mass is 9.97. The lowest BCUT2D eigenvalue weighted by Crippen LogP contribution is -2.50. The second-order valence-corrected chi connectivity index (χ2v) is 6.91. The molecule has 2 N–H and O–H groups in total. The Morgan fingerprint density at radius 3 is 2.28 bits per heavy atom. The highest BCUT2D eigenvalue weighted by atomic mass is 35.5. The summed E-state index contributed by atoms with van der Waals surface area (Å²) >= 11 is 1.79. The Balaban J connectivity index is 0.00000156. The molecular weight excluding hydrogens is 377 g/mol. The number of carbonyl (C=O) groups is 1. The molecule has 25 heavy (non-hydrogen) atoms. The first kappa shape index (κ1) is 21.9. The highest BCUT2D eigenvalue weighted by Crippen LogP contribution is 2.19. The molecule has 3 rings (SSSR count). The molecule has 0 aliphatic carbocycles. The van der Waals surface area contributed by atoms with Gasteiger partial charge in [-0.3, -0.25) is 9.69 Å². The van der Waals surface area contributed by atoms with Gasteiger partial charge in [-0.1, -0.05) is 36.4 Å². The van der Waals surface area contributed by atoms with Crippen molar-refractivity contribution in [2.75, 3.05) is 32.7 Å². The molecule has 0 bridgehead atoms. The summed E-state index contributed by atoms with van der Waals surface area (Å²) in [5.74, 6) is -0.0606. The van der Waals surface area contributed by atoms with E-state index in [2.05, 4.69) is 22.4 Å². The van der Waals surface area contributed by atoms with Crippen molar-refractivity contribution in [2.45, 2.75) is 12.5 Å². The van der Waals surface area contributed by atoms with Crippen LogP contribution in [0.15, 0.2) is 47.8 Å². The van der Waals surface area contributed by atoms with Gasteiger partial charge in [0.15, 0.2) is 0 Å². The number of nitrogens with two attached hydrogens (primary N) is 1. The van der Waals surface area contributed by atoms with Crippen LogP contribution in [0.3, 0.4) is 0 Å².